The van der Waals surface area contributed by atoms with Crippen LogP contribution in [0.4, 0.5) is 5.69 Å². The van der Waals surface area contributed by atoms with Crippen molar-refractivity contribution in [3.8, 4) is 0 Å². The number of nitrogens with zero attached hydrogens (tertiary/aromatic N) is 1. The van der Waals surface area contributed by atoms with E-state index >= 15 is 0 Å². The number of hydrogen-bond acceptors (Lipinski definition) is 3. The smallest absolute Gasteiger partial charge is 0.287 e. The maximum absolute atomic E-state index is 12.9. The van der Waals surface area contributed by atoms with E-state index in [0.717, 1.165) is 28.8 Å². The first kappa shape index (κ1) is 17.1. The summed E-state index contributed by atoms with van der Waals surface area (Å²) >= 11 is 0. The lowest BCUT2D eigenvalue weighted by Gasteiger charge is -2.18. The molecule has 0 unspecified atom stereocenters. The fourth-order valence-electron chi connectivity index (χ4n) is 3.36. The molecule has 2 aromatic carbocycles. The number of fused-ring (bicyclic) bond motifs is 1. The highest BCUT2D eigenvalue weighted by Crippen LogP contribution is 2.30. The summed E-state index contributed by atoms with van der Waals surface area (Å²) in [5.74, 6) is 0.0369. The minimum absolute atomic E-state index is 0.00854. The van der Waals surface area contributed by atoms with Gasteiger partial charge in [0, 0.05) is 24.3 Å². The first-order chi connectivity index (χ1) is 13.1. The average molecular weight is 360 g/mol. The Kier molecular flexibility index (Phi) is 4.50. The Bertz CT molecular complexity index is 993. The molecule has 0 bridgehead atoms. The molecule has 5 nitrogen and oxygen atoms in total. The van der Waals surface area contributed by atoms with Gasteiger partial charge in [-0.2, -0.15) is 0 Å². The Morgan fingerprint density at radius 1 is 1.11 bits per heavy atom. The van der Waals surface area contributed by atoms with Gasteiger partial charge in [-0.3, -0.25) is 9.59 Å². The molecule has 0 atom stereocenters. The maximum atomic E-state index is 12.9. The largest absolute Gasteiger partial charge is 0.459 e. The van der Waals surface area contributed by atoms with Crippen molar-refractivity contribution in [3.63, 3.8) is 0 Å². The minimum atomic E-state index is -0.256. The molecule has 0 aliphatic carbocycles. The fourth-order valence-corrected chi connectivity index (χ4v) is 3.36. The van der Waals surface area contributed by atoms with Crippen LogP contribution in [-0.4, -0.2) is 18.4 Å². The van der Waals surface area contributed by atoms with Crippen molar-refractivity contribution in [1.82, 2.24) is 5.32 Å². The number of rotatable bonds is 4. The second-order valence-corrected chi connectivity index (χ2v) is 6.70. The van der Waals surface area contributed by atoms with Crippen LogP contribution in [0.5, 0.6) is 0 Å². The molecule has 2 amide bonds. The fraction of sp³-hybridized carbons (Fsp3) is 0.182. The topological polar surface area (TPSA) is 62.6 Å². The standard InChI is InChI=1S/C22H20N2O3/c1-15-4-2-5-18(12-15)22(26)24-10-9-17-8-7-16(13-19(17)24)14-23-21(25)20-6-3-11-27-20/h2-8,11-13H,9-10,14H2,1H3,(H,23,25). The SMILES string of the molecule is Cc1cccc(C(=O)N2CCc3ccc(CNC(=O)c4ccco4)cc32)c1. The van der Waals surface area contributed by atoms with Gasteiger partial charge in [0.25, 0.3) is 11.8 Å². The lowest BCUT2D eigenvalue weighted by Crippen LogP contribution is -2.29. The lowest BCUT2D eigenvalue weighted by atomic mass is 10.1. The number of carbonyl (C=O) groups excluding carboxylic acids is 2. The summed E-state index contributed by atoms with van der Waals surface area (Å²) in [5.41, 5.74) is 4.77. The van der Waals surface area contributed by atoms with E-state index < -0.39 is 0 Å². The summed E-state index contributed by atoms with van der Waals surface area (Å²) in [6, 6.07) is 17.0. The van der Waals surface area contributed by atoms with Gasteiger partial charge in [0.1, 0.15) is 0 Å². The van der Waals surface area contributed by atoms with E-state index in [-0.39, 0.29) is 17.6 Å². The zero-order valence-electron chi connectivity index (χ0n) is 15.1. The molecule has 0 saturated carbocycles. The molecule has 0 spiro atoms. The molecule has 4 rings (SSSR count). The van der Waals surface area contributed by atoms with Crippen LogP contribution in [0.15, 0.2) is 65.3 Å². The van der Waals surface area contributed by atoms with Crippen LogP contribution in [-0.2, 0) is 13.0 Å². The van der Waals surface area contributed by atoms with E-state index in [0.29, 0.717) is 18.7 Å². The average Bonchev–Trinajstić information content (AvgIpc) is 3.35. The van der Waals surface area contributed by atoms with Crippen LogP contribution >= 0.6 is 0 Å². The monoisotopic (exact) mass is 360 g/mol. The lowest BCUT2D eigenvalue weighted by molar-refractivity contribution is 0.0922. The molecule has 27 heavy (non-hydrogen) atoms. The summed E-state index contributed by atoms with van der Waals surface area (Å²) in [5, 5.41) is 2.84. The van der Waals surface area contributed by atoms with Gasteiger partial charge in [-0.05, 0) is 54.8 Å². The van der Waals surface area contributed by atoms with E-state index in [4.69, 9.17) is 4.42 Å². The highest BCUT2D eigenvalue weighted by molar-refractivity contribution is 6.07. The number of amides is 2. The first-order valence-corrected chi connectivity index (χ1v) is 8.94. The Hall–Kier alpha value is -3.34. The molecular formula is C22H20N2O3. The van der Waals surface area contributed by atoms with Crippen LogP contribution in [0.25, 0.3) is 0 Å². The summed E-state index contributed by atoms with van der Waals surface area (Å²) in [7, 11) is 0. The van der Waals surface area contributed by atoms with Crippen LogP contribution in [0.3, 0.4) is 0 Å². The molecule has 1 N–H and O–H groups in total. The minimum Gasteiger partial charge on any atom is -0.459 e. The third kappa shape index (κ3) is 3.49. The second-order valence-electron chi connectivity index (χ2n) is 6.70. The normalized spacial score (nSPS) is 12.7. The highest BCUT2D eigenvalue weighted by atomic mass is 16.3. The molecular weight excluding hydrogens is 340 g/mol. The van der Waals surface area contributed by atoms with Gasteiger partial charge in [0.05, 0.1) is 6.26 Å². The Morgan fingerprint density at radius 2 is 2.00 bits per heavy atom. The molecule has 0 saturated heterocycles. The third-order valence-electron chi connectivity index (χ3n) is 4.75. The van der Waals surface area contributed by atoms with E-state index in [1.54, 1.807) is 12.1 Å². The molecule has 2 heterocycles. The molecule has 136 valence electrons. The highest BCUT2D eigenvalue weighted by Gasteiger charge is 2.26. The molecule has 5 heteroatoms. The van der Waals surface area contributed by atoms with Gasteiger partial charge in [-0.25, -0.2) is 0 Å². The second kappa shape index (κ2) is 7.11. The number of nitrogens with one attached hydrogen (secondary N) is 1. The molecule has 0 fully saturated rings. The number of aryl methyl sites for hydroxylation is 1. The van der Waals surface area contributed by atoms with Crippen molar-refractivity contribution >= 4 is 17.5 Å². The maximum Gasteiger partial charge on any atom is 0.287 e. The summed E-state index contributed by atoms with van der Waals surface area (Å²) in [6.07, 6.45) is 2.31. The third-order valence-corrected chi connectivity index (χ3v) is 4.75. The Morgan fingerprint density at radius 3 is 2.78 bits per heavy atom. The van der Waals surface area contributed by atoms with Crippen LogP contribution < -0.4 is 10.2 Å². The van der Waals surface area contributed by atoms with Gasteiger partial charge in [-0.15, -0.1) is 0 Å². The summed E-state index contributed by atoms with van der Waals surface area (Å²) < 4.78 is 5.10. The van der Waals surface area contributed by atoms with Gasteiger partial charge in [0.2, 0.25) is 0 Å². The molecule has 1 aliphatic heterocycles. The van der Waals surface area contributed by atoms with Crippen molar-refractivity contribution in [1.29, 1.82) is 0 Å². The van der Waals surface area contributed by atoms with Crippen LogP contribution in [0.2, 0.25) is 0 Å². The van der Waals surface area contributed by atoms with Gasteiger partial charge in [-0.1, -0.05) is 29.8 Å². The van der Waals surface area contributed by atoms with E-state index in [1.165, 1.54) is 6.26 Å². The summed E-state index contributed by atoms with van der Waals surface area (Å²) in [4.78, 5) is 26.8. The van der Waals surface area contributed by atoms with E-state index in [2.05, 4.69) is 5.32 Å². The predicted octanol–water partition coefficient (Wildman–Crippen LogP) is 3.72. The van der Waals surface area contributed by atoms with Crippen molar-refractivity contribution < 1.29 is 14.0 Å². The van der Waals surface area contributed by atoms with Gasteiger partial charge in [0.15, 0.2) is 5.76 Å². The van der Waals surface area contributed by atoms with Crippen molar-refractivity contribution in [3.05, 3.63) is 88.9 Å². The zero-order valence-corrected chi connectivity index (χ0v) is 15.1. The van der Waals surface area contributed by atoms with Crippen molar-refractivity contribution in [2.24, 2.45) is 0 Å². The van der Waals surface area contributed by atoms with Crippen molar-refractivity contribution in [2.45, 2.75) is 19.9 Å². The predicted molar refractivity (Wildman–Crippen MR) is 103 cm³/mol. The first-order valence-electron chi connectivity index (χ1n) is 8.94. The van der Waals surface area contributed by atoms with Gasteiger partial charge >= 0.3 is 0 Å². The molecule has 1 aromatic heterocycles. The number of carbonyl (C=O) groups is 2. The van der Waals surface area contributed by atoms with Gasteiger partial charge < -0.3 is 14.6 Å². The summed E-state index contributed by atoms with van der Waals surface area (Å²) in [6.45, 7) is 3.03. The Labute approximate surface area is 157 Å². The van der Waals surface area contributed by atoms with Crippen molar-refractivity contribution in [2.75, 3.05) is 11.4 Å². The molecule has 0 radical (unpaired) electrons. The number of benzene rings is 2. The number of anilines is 1. The quantitative estimate of drug-likeness (QED) is 0.771. The Balaban J connectivity index is 1.52. The number of hydrogen-bond donors (Lipinski definition) is 1. The zero-order chi connectivity index (χ0) is 18.8. The van der Waals surface area contributed by atoms with E-state index in [1.807, 2.05) is 54.3 Å². The molecule has 1 aliphatic rings. The van der Waals surface area contributed by atoms with Crippen LogP contribution in [0.1, 0.15) is 37.6 Å². The number of furan rings is 1. The van der Waals surface area contributed by atoms with E-state index in [9.17, 15) is 9.59 Å². The molecule has 3 aromatic rings. The van der Waals surface area contributed by atoms with Crippen LogP contribution in [0, 0.1) is 6.92 Å².